The predicted molar refractivity (Wildman–Crippen MR) is 103 cm³/mol. The minimum absolute atomic E-state index is 0.0758. The fourth-order valence-corrected chi connectivity index (χ4v) is 2.67. The first-order valence-electron chi connectivity index (χ1n) is 8.74. The van der Waals surface area contributed by atoms with Crippen LogP contribution in [0.15, 0.2) is 30.3 Å². The van der Waals surface area contributed by atoms with Gasteiger partial charge in [-0.25, -0.2) is 4.98 Å². The smallest absolute Gasteiger partial charge is 0.227 e. The molecule has 0 fully saturated rings. The number of aromatic nitrogens is 2. The summed E-state index contributed by atoms with van der Waals surface area (Å²) in [4.78, 5) is 11.4. The van der Waals surface area contributed by atoms with Crippen LogP contribution in [-0.4, -0.2) is 23.6 Å². The number of nitrogens with one attached hydrogen (secondary N) is 1. The van der Waals surface area contributed by atoms with Crippen molar-refractivity contribution in [2.75, 3.05) is 23.8 Å². The number of benzene rings is 1. The molecule has 0 bridgehead atoms. The Morgan fingerprint density at radius 3 is 2.50 bits per heavy atom. The molecule has 4 nitrogen and oxygen atoms in total. The lowest BCUT2D eigenvalue weighted by molar-refractivity contribution is 0.592. The van der Waals surface area contributed by atoms with Gasteiger partial charge in [0.25, 0.3) is 0 Å². The van der Waals surface area contributed by atoms with Crippen LogP contribution in [0.1, 0.15) is 51.8 Å². The Labute approximate surface area is 146 Å². The van der Waals surface area contributed by atoms with Crippen molar-refractivity contribution in [1.82, 2.24) is 9.97 Å². The molecule has 24 heavy (non-hydrogen) atoms. The lowest BCUT2D eigenvalue weighted by Crippen LogP contribution is -2.21. The molecule has 0 saturated heterocycles. The Morgan fingerprint density at radius 1 is 1.12 bits per heavy atom. The average Bonchev–Trinajstić information content (AvgIpc) is 2.51. The lowest BCUT2D eigenvalue weighted by atomic mass is 9.86. The highest BCUT2D eigenvalue weighted by atomic mass is 15.2. The van der Waals surface area contributed by atoms with E-state index in [-0.39, 0.29) is 5.41 Å². The molecule has 0 spiro atoms. The van der Waals surface area contributed by atoms with E-state index >= 15 is 0 Å². The van der Waals surface area contributed by atoms with Crippen LogP contribution in [0.3, 0.4) is 0 Å². The molecule has 0 aliphatic heterocycles. The molecule has 0 atom stereocenters. The van der Waals surface area contributed by atoms with Crippen molar-refractivity contribution in [3.63, 3.8) is 0 Å². The van der Waals surface area contributed by atoms with Gasteiger partial charge in [0.15, 0.2) is 0 Å². The molecule has 4 heteroatoms. The molecule has 0 saturated carbocycles. The zero-order valence-corrected chi connectivity index (χ0v) is 15.8. The van der Waals surface area contributed by atoms with Crippen molar-refractivity contribution in [1.29, 1.82) is 0 Å². The zero-order chi connectivity index (χ0) is 17.7. The van der Waals surface area contributed by atoms with Crippen molar-refractivity contribution in [2.24, 2.45) is 0 Å². The summed E-state index contributed by atoms with van der Waals surface area (Å²) in [6, 6.07) is 10.4. The van der Waals surface area contributed by atoms with Gasteiger partial charge >= 0.3 is 0 Å². The Kier molecular flexibility index (Phi) is 5.81. The molecule has 1 aromatic heterocycles. The highest BCUT2D eigenvalue weighted by molar-refractivity contribution is 5.63. The fraction of sp³-hybridized carbons (Fsp3) is 0.500. The van der Waals surface area contributed by atoms with Gasteiger partial charge in [0, 0.05) is 31.0 Å². The van der Waals surface area contributed by atoms with Gasteiger partial charge in [0.05, 0.1) is 0 Å². The van der Waals surface area contributed by atoms with Gasteiger partial charge in [-0.05, 0) is 30.4 Å². The van der Waals surface area contributed by atoms with E-state index in [9.17, 15) is 0 Å². The quantitative estimate of drug-likeness (QED) is 0.805. The molecule has 130 valence electrons. The molecule has 0 aliphatic carbocycles. The molecule has 0 aliphatic rings. The summed E-state index contributed by atoms with van der Waals surface area (Å²) < 4.78 is 0. The van der Waals surface area contributed by atoms with Crippen LogP contribution in [0, 0.1) is 6.92 Å². The third-order valence-corrected chi connectivity index (χ3v) is 4.03. The molecule has 0 radical (unpaired) electrons. The van der Waals surface area contributed by atoms with Crippen molar-refractivity contribution in [3.05, 3.63) is 41.6 Å². The van der Waals surface area contributed by atoms with Crippen LogP contribution >= 0.6 is 0 Å². The van der Waals surface area contributed by atoms with Crippen LogP contribution < -0.4 is 10.2 Å². The van der Waals surface area contributed by atoms with Crippen molar-refractivity contribution in [3.8, 4) is 0 Å². The van der Waals surface area contributed by atoms with Crippen LogP contribution in [0.2, 0.25) is 0 Å². The maximum atomic E-state index is 4.71. The van der Waals surface area contributed by atoms with E-state index in [1.54, 1.807) is 0 Å². The molecule has 1 aromatic carbocycles. The SMILES string of the molecule is CCCCN(C)c1nc(C)cc(Nc2ccccc2C(C)(C)C)n1. The van der Waals surface area contributed by atoms with Gasteiger partial charge < -0.3 is 10.2 Å². The second-order valence-electron chi connectivity index (χ2n) is 7.39. The first-order valence-corrected chi connectivity index (χ1v) is 8.74. The standard InChI is InChI=1S/C20H30N4/c1-7-8-13-24(6)19-21-15(2)14-18(23-19)22-17-12-10-9-11-16(17)20(3,4)5/h9-12,14H,7-8,13H2,1-6H3,(H,21,22,23). The van der Waals surface area contributed by atoms with Crippen LogP contribution in [0.25, 0.3) is 0 Å². The number of rotatable bonds is 6. The first kappa shape index (κ1) is 18.2. The average molecular weight is 326 g/mol. The van der Waals surface area contributed by atoms with Gasteiger partial charge in [0.1, 0.15) is 5.82 Å². The number of unbranched alkanes of at least 4 members (excludes halogenated alkanes) is 1. The summed E-state index contributed by atoms with van der Waals surface area (Å²) in [7, 11) is 2.05. The van der Waals surface area contributed by atoms with Crippen molar-refractivity contribution >= 4 is 17.5 Å². The van der Waals surface area contributed by atoms with Crippen LogP contribution in [0.4, 0.5) is 17.5 Å². The number of para-hydroxylation sites is 1. The molecular formula is C20H30N4. The van der Waals surface area contributed by atoms with E-state index in [4.69, 9.17) is 4.98 Å². The van der Waals surface area contributed by atoms with Crippen LogP contribution in [0.5, 0.6) is 0 Å². The maximum absolute atomic E-state index is 4.71. The number of hydrogen-bond acceptors (Lipinski definition) is 4. The van der Waals surface area contributed by atoms with Gasteiger partial charge in [-0.15, -0.1) is 0 Å². The molecule has 1 heterocycles. The normalized spacial score (nSPS) is 11.4. The molecular weight excluding hydrogens is 296 g/mol. The van der Waals surface area contributed by atoms with Crippen LogP contribution in [-0.2, 0) is 5.41 Å². The van der Waals surface area contributed by atoms with E-state index in [0.717, 1.165) is 36.1 Å². The second-order valence-corrected chi connectivity index (χ2v) is 7.39. The highest BCUT2D eigenvalue weighted by Gasteiger charge is 2.18. The summed E-state index contributed by atoms with van der Waals surface area (Å²) in [6.07, 6.45) is 2.31. The van der Waals surface area contributed by atoms with Gasteiger partial charge in [-0.3, -0.25) is 0 Å². The summed E-state index contributed by atoms with van der Waals surface area (Å²) >= 11 is 0. The summed E-state index contributed by atoms with van der Waals surface area (Å²) in [5.74, 6) is 1.62. The highest BCUT2D eigenvalue weighted by Crippen LogP contribution is 2.31. The Hall–Kier alpha value is -2.10. The zero-order valence-electron chi connectivity index (χ0n) is 15.8. The Bertz CT molecular complexity index is 674. The predicted octanol–water partition coefficient (Wildman–Crippen LogP) is 5.06. The summed E-state index contributed by atoms with van der Waals surface area (Å²) in [5.41, 5.74) is 3.43. The van der Waals surface area contributed by atoms with E-state index in [0.29, 0.717) is 0 Å². The number of nitrogens with zero attached hydrogens (tertiary/aromatic N) is 3. The molecule has 2 rings (SSSR count). The topological polar surface area (TPSA) is 41.1 Å². The minimum atomic E-state index is 0.0758. The number of anilines is 3. The molecule has 1 N–H and O–H groups in total. The largest absolute Gasteiger partial charge is 0.344 e. The lowest BCUT2D eigenvalue weighted by Gasteiger charge is -2.24. The van der Waals surface area contributed by atoms with E-state index in [1.807, 2.05) is 13.0 Å². The van der Waals surface area contributed by atoms with Crippen molar-refractivity contribution < 1.29 is 0 Å². The fourth-order valence-electron chi connectivity index (χ4n) is 2.67. The first-order chi connectivity index (χ1) is 11.3. The minimum Gasteiger partial charge on any atom is -0.344 e. The van der Waals surface area contributed by atoms with Gasteiger partial charge in [-0.2, -0.15) is 4.98 Å². The Morgan fingerprint density at radius 2 is 1.83 bits per heavy atom. The molecule has 0 amide bonds. The number of hydrogen-bond donors (Lipinski definition) is 1. The Balaban J connectivity index is 2.30. The van der Waals surface area contributed by atoms with E-state index in [2.05, 4.69) is 74.2 Å². The monoisotopic (exact) mass is 326 g/mol. The maximum Gasteiger partial charge on any atom is 0.227 e. The van der Waals surface area contributed by atoms with E-state index in [1.165, 1.54) is 12.0 Å². The summed E-state index contributed by atoms with van der Waals surface area (Å²) in [5, 5.41) is 3.49. The molecule has 0 unspecified atom stereocenters. The second kappa shape index (κ2) is 7.65. The van der Waals surface area contributed by atoms with Crippen molar-refractivity contribution in [2.45, 2.75) is 52.9 Å². The third kappa shape index (κ3) is 4.70. The van der Waals surface area contributed by atoms with Gasteiger partial charge in [0.2, 0.25) is 5.95 Å². The molecule has 2 aromatic rings. The van der Waals surface area contributed by atoms with Gasteiger partial charge in [-0.1, -0.05) is 52.3 Å². The third-order valence-electron chi connectivity index (χ3n) is 4.03. The summed E-state index contributed by atoms with van der Waals surface area (Å²) in [6.45, 7) is 11.9. The van der Waals surface area contributed by atoms with E-state index < -0.39 is 0 Å². The number of aryl methyl sites for hydroxylation is 1.